The van der Waals surface area contributed by atoms with Crippen LogP contribution in [0.3, 0.4) is 0 Å². The number of halogens is 4. The van der Waals surface area contributed by atoms with Crippen LogP contribution in [0.4, 0.5) is 28.0 Å². The molecule has 2 amide bonds. The summed E-state index contributed by atoms with van der Waals surface area (Å²) >= 11 is 0. The Bertz CT molecular complexity index is 1850. The van der Waals surface area contributed by atoms with Crippen molar-refractivity contribution in [3.05, 3.63) is 76.6 Å². The summed E-state index contributed by atoms with van der Waals surface area (Å²) in [5, 5.41) is 13.6. The van der Waals surface area contributed by atoms with Crippen LogP contribution in [0.1, 0.15) is 40.9 Å². The lowest BCUT2D eigenvalue weighted by Crippen LogP contribution is -2.46. The Morgan fingerprint density at radius 2 is 1.92 bits per heavy atom. The van der Waals surface area contributed by atoms with Crippen LogP contribution < -0.4 is 10.1 Å². The quantitative estimate of drug-likeness (QED) is 0.245. The molecular weight excluding hydrogens is 634 g/mol. The summed E-state index contributed by atoms with van der Waals surface area (Å²) in [6.45, 7) is 5.59. The van der Waals surface area contributed by atoms with E-state index in [0.717, 1.165) is 31.0 Å². The molecule has 3 aliphatic heterocycles. The van der Waals surface area contributed by atoms with Crippen molar-refractivity contribution in [1.82, 2.24) is 29.7 Å². The predicted octanol–water partition coefficient (Wildman–Crippen LogP) is 5.02. The first-order valence-corrected chi connectivity index (χ1v) is 15.7. The van der Waals surface area contributed by atoms with E-state index in [2.05, 4.69) is 25.2 Å². The van der Waals surface area contributed by atoms with E-state index in [1.54, 1.807) is 12.1 Å². The van der Waals surface area contributed by atoms with E-state index in [4.69, 9.17) is 9.47 Å². The zero-order valence-electron chi connectivity index (χ0n) is 26.4. The first-order valence-electron chi connectivity index (χ1n) is 15.7. The van der Waals surface area contributed by atoms with Gasteiger partial charge in [-0.25, -0.2) is 14.2 Å². The third kappa shape index (κ3) is 6.30. The van der Waals surface area contributed by atoms with Crippen LogP contribution in [0.15, 0.2) is 42.7 Å². The maximum atomic E-state index is 15.0. The number of urea groups is 1. The molecule has 0 spiro atoms. The van der Waals surface area contributed by atoms with E-state index in [1.807, 2.05) is 18.9 Å². The Morgan fingerprint density at radius 1 is 1.15 bits per heavy atom. The number of hydrogen-bond donors (Lipinski definition) is 3. The van der Waals surface area contributed by atoms with Crippen molar-refractivity contribution in [3.8, 4) is 11.5 Å². The van der Waals surface area contributed by atoms with Crippen LogP contribution in [0.2, 0.25) is 0 Å². The lowest BCUT2D eigenvalue weighted by molar-refractivity contribution is -0.186. The van der Waals surface area contributed by atoms with Crippen LogP contribution in [0.5, 0.6) is 11.5 Å². The van der Waals surface area contributed by atoms with E-state index in [0.29, 0.717) is 35.4 Å². The number of aliphatic hydroxyl groups is 1. The molecule has 7 rings (SSSR count). The lowest BCUT2D eigenvalue weighted by Gasteiger charge is -2.35. The van der Waals surface area contributed by atoms with Gasteiger partial charge < -0.3 is 34.7 Å². The molecule has 4 aromatic rings. The normalized spacial score (nSPS) is 20.0. The molecule has 3 N–H and O–H groups in total. The molecule has 0 bridgehead atoms. The van der Waals surface area contributed by atoms with Crippen molar-refractivity contribution in [1.29, 1.82) is 0 Å². The number of benzene rings is 1. The molecule has 0 radical (unpaired) electrons. The van der Waals surface area contributed by atoms with Crippen molar-refractivity contribution in [2.45, 2.75) is 37.7 Å². The molecule has 0 unspecified atom stereocenters. The fourth-order valence-electron chi connectivity index (χ4n) is 6.42. The first kappa shape index (κ1) is 32.2. The first-order chi connectivity index (χ1) is 22.9. The van der Waals surface area contributed by atoms with Gasteiger partial charge in [0.1, 0.15) is 11.4 Å². The number of carbonyl (C=O) groups is 1. The average Bonchev–Trinajstić information content (AvgIpc) is 3.47. The number of fused-ring (bicyclic) bond motifs is 2. The van der Waals surface area contributed by atoms with Gasteiger partial charge in [-0.1, -0.05) is 13.0 Å². The van der Waals surface area contributed by atoms with Gasteiger partial charge in [0.05, 0.1) is 47.9 Å². The van der Waals surface area contributed by atoms with Gasteiger partial charge in [0, 0.05) is 57.4 Å². The number of rotatable bonds is 6. The molecule has 11 nitrogen and oxygen atoms in total. The highest BCUT2D eigenvalue weighted by atomic mass is 19.4. The average molecular weight is 670 g/mol. The Kier molecular flexibility index (Phi) is 8.26. The van der Waals surface area contributed by atoms with E-state index in [1.165, 1.54) is 23.2 Å². The SMILES string of the molecule is C[C@H]1CN(C(=O)Nc2ccc(CN3CCN(C)CC3)c(C(F)(F)F)c2)Cc2cc(Oc3c(F)cnc4[nH]c(C5(O)COC5)cc34)cnc21. The number of aromatic amines is 1. The molecule has 2 saturated heterocycles. The topological polar surface area (TPSA) is 119 Å². The van der Waals surface area contributed by atoms with Gasteiger partial charge in [-0.15, -0.1) is 0 Å². The van der Waals surface area contributed by atoms with Crippen LogP contribution in [0.25, 0.3) is 11.0 Å². The van der Waals surface area contributed by atoms with Gasteiger partial charge in [-0.05, 0) is 42.4 Å². The maximum Gasteiger partial charge on any atom is 0.416 e. The van der Waals surface area contributed by atoms with Gasteiger partial charge in [0.25, 0.3) is 0 Å². The monoisotopic (exact) mass is 669 g/mol. The van der Waals surface area contributed by atoms with Gasteiger partial charge in [0.15, 0.2) is 17.2 Å². The van der Waals surface area contributed by atoms with Crippen molar-refractivity contribution in [3.63, 3.8) is 0 Å². The Labute approximate surface area is 273 Å². The van der Waals surface area contributed by atoms with Crippen LogP contribution in [-0.4, -0.2) is 93.8 Å². The number of hydrogen-bond acceptors (Lipinski definition) is 8. The Balaban J connectivity index is 1.08. The van der Waals surface area contributed by atoms with Crippen LogP contribution in [-0.2, 0) is 29.6 Å². The molecule has 1 atom stereocenters. The second-order valence-electron chi connectivity index (χ2n) is 12.9. The molecule has 0 aliphatic carbocycles. The molecule has 6 heterocycles. The molecule has 48 heavy (non-hydrogen) atoms. The lowest BCUT2D eigenvalue weighted by atomic mass is 9.96. The van der Waals surface area contributed by atoms with Crippen molar-refractivity contribution in [2.75, 3.05) is 58.3 Å². The van der Waals surface area contributed by atoms with E-state index >= 15 is 0 Å². The van der Waals surface area contributed by atoms with E-state index < -0.39 is 29.2 Å². The van der Waals surface area contributed by atoms with E-state index in [9.17, 15) is 27.5 Å². The molecular formula is C33H35F4N7O4. The number of anilines is 1. The van der Waals surface area contributed by atoms with Crippen LogP contribution >= 0.6 is 0 Å². The zero-order valence-corrected chi connectivity index (χ0v) is 26.4. The molecule has 0 saturated carbocycles. The fourth-order valence-corrected chi connectivity index (χ4v) is 6.42. The zero-order chi connectivity index (χ0) is 33.8. The highest BCUT2D eigenvalue weighted by Crippen LogP contribution is 2.38. The van der Waals surface area contributed by atoms with Gasteiger partial charge in [0.2, 0.25) is 0 Å². The second kappa shape index (κ2) is 12.3. The maximum absolute atomic E-state index is 15.0. The molecule has 3 aliphatic rings. The second-order valence-corrected chi connectivity index (χ2v) is 12.9. The number of amides is 2. The highest BCUT2D eigenvalue weighted by Gasteiger charge is 2.40. The number of nitrogens with zero attached hydrogens (tertiary/aromatic N) is 5. The van der Waals surface area contributed by atoms with Crippen molar-refractivity contribution < 1.29 is 36.9 Å². The smallest absolute Gasteiger partial charge is 0.416 e. The number of H-pyrrole nitrogens is 1. The standard InChI is InChI=1S/C33H35F4N7O4/c1-19-14-44(31(45)40-22-4-3-20(25(10-22)33(35,36)37)15-43-7-5-42(2)6-8-43)16-21-9-23(12-38-28(19)21)48-29-24-11-27(32(46)17-47-18-32)41-30(24)39-13-26(29)34/h3-4,9-13,19,46H,5-8,14-18H2,1-2H3,(H,39,41)(H,40,45)/t19-/m0/s1. The van der Waals surface area contributed by atoms with Crippen LogP contribution in [0, 0.1) is 5.82 Å². The number of carbonyl (C=O) groups excluding carboxylic acids is 1. The van der Waals surface area contributed by atoms with Crippen molar-refractivity contribution in [2.24, 2.45) is 0 Å². The van der Waals surface area contributed by atoms with Gasteiger partial charge >= 0.3 is 12.2 Å². The summed E-state index contributed by atoms with van der Waals surface area (Å²) in [4.78, 5) is 30.6. The number of alkyl halides is 3. The molecule has 15 heteroatoms. The third-order valence-corrected chi connectivity index (χ3v) is 9.21. The van der Waals surface area contributed by atoms with Crippen molar-refractivity contribution >= 4 is 22.8 Å². The fraction of sp³-hybridized carbons (Fsp3) is 0.424. The minimum absolute atomic E-state index is 0.0456. The summed E-state index contributed by atoms with van der Waals surface area (Å²) in [5.41, 5.74) is 0.354. The minimum atomic E-state index is -4.59. The molecule has 3 aromatic heterocycles. The highest BCUT2D eigenvalue weighted by molar-refractivity contribution is 5.90. The number of aromatic nitrogens is 3. The third-order valence-electron chi connectivity index (χ3n) is 9.21. The Hall–Kier alpha value is -4.31. The largest absolute Gasteiger partial charge is 0.452 e. The minimum Gasteiger partial charge on any atom is -0.452 e. The number of nitrogens with one attached hydrogen (secondary N) is 2. The van der Waals surface area contributed by atoms with Gasteiger partial charge in [-0.2, -0.15) is 13.2 Å². The number of likely N-dealkylation sites (N-methyl/N-ethyl adjacent to an activating group) is 1. The number of ether oxygens (including phenoxy) is 2. The summed E-state index contributed by atoms with van der Waals surface area (Å²) < 4.78 is 68.4. The number of pyridine rings is 2. The summed E-state index contributed by atoms with van der Waals surface area (Å²) in [7, 11) is 1.99. The molecule has 1 aromatic carbocycles. The summed E-state index contributed by atoms with van der Waals surface area (Å²) in [6.07, 6.45) is -2.10. The summed E-state index contributed by atoms with van der Waals surface area (Å²) in [6, 6.07) is 6.61. The molecule has 2 fully saturated rings. The molecule has 254 valence electrons. The van der Waals surface area contributed by atoms with Gasteiger partial charge in [-0.3, -0.25) is 9.88 Å². The summed E-state index contributed by atoms with van der Waals surface area (Å²) in [5.74, 6) is -0.797. The predicted molar refractivity (Wildman–Crippen MR) is 167 cm³/mol. The Morgan fingerprint density at radius 3 is 2.62 bits per heavy atom. The van der Waals surface area contributed by atoms with E-state index in [-0.39, 0.29) is 61.5 Å². The number of piperazine rings is 1.